The average Bonchev–Trinajstić information content (AvgIpc) is 3.12. The van der Waals surface area contributed by atoms with Gasteiger partial charge in [-0.2, -0.15) is 13.2 Å². The number of anilines is 1. The minimum atomic E-state index is -4.48. The second kappa shape index (κ2) is 7.97. The third kappa shape index (κ3) is 4.57. The number of carbonyl (C=O) groups excluding carboxylic acids is 1. The molecule has 1 aliphatic heterocycles. The number of nitrogens with zero attached hydrogens (tertiary/aromatic N) is 5. The molecule has 0 spiro atoms. The van der Waals surface area contributed by atoms with Crippen molar-refractivity contribution in [1.82, 2.24) is 20.1 Å². The van der Waals surface area contributed by atoms with Crippen molar-refractivity contribution in [2.45, 2.75) is 10.5 Å². The largest absolute Gasteiger partial charge is 0.417 e. The molecule has 0 atom stereocenters. The summed E-state index contributed by atoms with van der Waals surface area (Å²) in [6, 6.07) is 0.875. The molecule has 1 amide bonds. The van der Waals surface area contributed by atoms with Gasteiger partial charge in [-0.25, -0.2) is 4.98 Å². The van der Waals surface area contributed by atoms with Crippen molar-refractivity contribution in [1.29, 1.82) is 0 Å². The molecular formula is C14H13ClF3N5OS2. The molecule has 3 rings (SSSR count). The predicted molar refractivity (Wildman–Crippen MR) is 93.7 cm³/mol. The van der Waals surface area contributed by atoms with Crippen molar-refractivity contribution in [3.8, 4) is 0 Å². The van der Waals surface area contributed by atoms with Gasteiger partial charge >= 0.3 is 6.18 Å². The van der Waals surface area contributed by atoms with E-state index in [4.69, 9.17) is 11.6 Å². The lowest BCUT2D eigenvalue weighted by Gasteiger charge is -2.35. The zero-order valence-corrected chi connectivity index (χ0v) is 15.6. The Morgan fingerprint density at radius 1 is 1.31 bits per heavy atom. The van der Waals surface area contributed by atoms with Crippen LogP contribution in [0, 0.1) is 0 Å². The van der Waals surface area contributed by atoms with Gasteiger partial charge in [-0.1, -0.05) is 34.7 Å². The van der Waals surface area contributed by atoms with Gasteiger partial charge in [0.15, 0.2) is 4.34 Å². The third-order valence-electron chi connectivity index (χ3n) is 3.74. The van der Waals surface area contributed by atoms with Crippen LogP contribution in [-0.2, 0) is 11.0 Å². The number of rotatable bonds is 4. The topological polar surface area (TPSA) is 62.2 Å². The van der Waals surface area contributed by atoms with Crippen LogP contribution in [0.2, 0.25) is 5.02 Å². The number of carbonyl (C=O) groups is 1. The lowest BCUT2D eigenvalue weighted by molar-refractivity contribution is -0.137. The van der Waals surface area contributed by atoms with Gasteiger partial charge in [0.05, 0.1) is 16.3 Å². The first kappa shape index (κ1) is 19.2. The molecule has 0 N–H and O–H groups in total. The summed E-state index contributed by atoms with van der Waals surface area (Å²) in [5.41, 5.74) is 0.723. The number of piperazine rings is 1. The molecule has 1 saturated heterocycles. The Hall–Kier alpha value is -1.59. The SMILES string of the molecule is O=C(CSc1nncs1)N1CCN(c2ncc(C(F)(F)F)cc2Cl)CC1. The molecule has 6 nitrogen and oxygen atoms in total. The highest BCUT2D eigenvalue weighted by Crippen LogP contribution is 2.33. The second-order valence-electron chi connectivity index (χ2n) is 5.39. The predicted octanol–water partition coefficient (Wildman–Crippen LogP) is 3.05. The summed E-state index contributed by atoms with van der Waals surface area (Å²) in [6.45, 7) is 1.81. The van der Waals surface area contributed by atoms with Crippen LogP contribution in [0.15, 0.2) is 22.1 Å². The Kier molecular flexibility index (Phi) is 5.88. The van der Waals surface area contributed by atoms with Gasteiger partial charge in [0.25, 0.3) is 0 Å². The van der Waals surface area contributed by atoms with Crippen LogP contribution in [0.5, 0.6) is 0 Å². The molecule has 2 aromatic rings. The molecule has 0 radical (unpaired) electrons. The van der Waals surface area contributed by atoms with Crippen molar-refractivity contribution >= 4 is 46.4 Å². The third-order valence-corrected chi connectivity index (χ3v) is 5.86. The molecule has 26 heavy (non-hydrogen) atoms. The Morgan fingerprint density at radius 2 is 2.04 bits per heavy atom. The van der Waals surface area contributed by atoms with Crippen LogP contribution in [0.25, 0.3) is 0 Å². The number of halogens is 4. The van der Waals surface area contributed by atoms with Gasteiger partial charge in [0.1, 0.15) is 11.3 Å². The van der Waals surface area contributed by atoms with E-state index in [1.807, 2.05) is 0 Å². The van der Waals surface area contributed by atoms with Gasteiger partial charge in [-0.15, -0.1) is 10.2 Å². The van der Waals surface area contributed by atoms with Crippen molar-refractivity contribution < 1.29 is 18.0 Å². The van der Waals surface area contributed by atoms with Crippen molar-refractivity contribution in [3.05, 3.63) is 28.4 Å². The van der Waals surface area contributed by atoms with Crippen LogP contribution in [0.4, 0.5) is 19.0 Å². The molecule has 0 saturated carbocycles. The highest BCUT2D eigenvalue weighted by Gasteiger charge is 2.32. The minimum Gasteiger partial charge on any atom is -0.352 e. The van der Waals surface area contributed by atoms with E-state index in [9.17, 15) is 18.0 Å². The molecule has 0 unspecified atom stereocenters. The van der Waals surface area contributed by atoms with Gasteiger partial charge in [0.2, 0.25) is 5.91 Å². The average molecular weight is 424 g/mol. The zero-order valence-electron chi connectivity index (χ0n) is 13.2. The van der Waals surface area contributed by atoms with E-state index in [1.54, 1.807) is 15.3 Å². The Labute approximate surface area is 160 Å². The Bertz CT molecular complexity index is 766. The fourth-order valence-corrected chi connectivity index (χ4v) is 4.10. The molecular weight excluding hydrogens is 411 g/mol. The molecule has 0 bridgehead atoms. The Balaban J connectivity index is 1.55. The van der Waals surface area contributed by atoms with Crippen LogP contribution in [-0.4, -0.2) is 57.9 Å². The summed E-state index contributed by atoms with van der Waals surface area (Å²) in [5, 5.41) is 7.53. The number of hydrogen-bond donors (Lipinski definition) is 0. The highest BCUT2D eigenvalue weighted by atomic mass is 35.5. The molecule has 0 aliphatic carbocycles. The summed E-state index contributed by atoms with van der Waals surface area (Å²) in [4.78, 5) is 19.6. The van der Waals surface area contributed by atoms with Crippen molar-refractivity contribution in [2.75, 3.05) is 36.8 Å². The normalized spacial score (nSPS) is 15.4. The van der Waals surface area contributed by atoms with Crippen LogP contribution in [0.1, 0.15) is 5.56 Å². The number of aromatic nitrogens is 3. The molecule has 12 heteroatoms. The number of thioether (sulfide) groups is 1. The molecule has 3 heterocycles. The molecule has 0 aromatic carbocycles. The van der Waals surface area contributed by atoms with E-state index >= 15 is 0 Å². The first-order valence-corrected chi connectivity index (χ1v) is 9.73. The molecule has 140 valence electrons. The van der Waals surface area contributed by atoms with Gasteiger partial charge in [-0.05, 0) is 6.07 Å². The zero-order chi connectivity index (χ0) is 18.7. The molecule has 1 aliphatic rings. The molecule has 2 aromatic heterocycles. The summed E-state index contributed by atoms with van der Waals surface area (Å²) in [7, 11) is 0. The fourth-order valence-electron chi connectivity index (χ4n) is 2.43. The van der Waals surface area contributed by atoms with E-state index in [0.717, 1.165) is 16.6 Å². The van der Waals surface area contributed by atoms with Gasteiger partial charge in [-0.3, -0.25) is 4.79 Å². The standard InChI is InChI=1S/C14H13ClF3N5OS2/c15-10-5-9(14(16,17)18)6-19-12(10)23-3-1-22(2-4-23)11(24)7-25-13-21-20-8-26-13/h5-6,8H,1-4,7H2. The van der Waals surface area contributed by atoms with Crippen LogP contribution >= 0.6 is 34.7 Å². The number of amides is 1. The number of alkyl halides is 3. The summed E-state index contributed by atoms with van der Waals surface area (Å²) < 4.78 is 38.8. The van der Waals surface area contributed by atoms with Crippen molar-refractivity contribution in [2.24, 2.45) is 0 Å². The van der Waals surface area contributed by atoms with Gasteiger partial charge < -0.3 is 9.80 Å². The monoisotopic (exact) mass is 423 g/mol. The van der Waals surface area contributed by atoms with Crippen LogP contribution < -0.4 is 4.90 Å². The Morgan fingerprint density at radius 3 is 2.62 bits per heavy atom. The number of hydrogen-bond acceptors (Lipinski definition) is 7. The van der Waals surface area contributed by atoms with Crippen LogP contribution in [0.3, 0.4) is 0 Å². The first-order chi connectivity index (χ1) is 12.3. The summed E-state index contributed by atoms with van der Waals surface area (Å²) >= 11 is 8.68. The number of pyridine rings is 1. The van der Waals surface area contributed by atoms with Crippen molar-refractivity contribution in [3.63, 3.8) is 0 Å². The van der Waals surface area contributed by atoms with E-state index < -0.39 is 11.7 Å². The van der Waals surface area contributed by atoms with Gasteiger partial charge in [0, 0.05) is 32.4 Å². The van der Waals surface area contributed by atoms with E-state index in [2.05, 4.69) is 15.2 Å². The fraction of sp³-hybridized carbons (Fsp3) is 0.429. The first-order valence-electron chi connectivity index (χ1n) is 7.49. The minimum absolute atomic E-state index is 0.0173. The van der Waals surface area contributed by atoms with E-state index in [-0.39, 0.29) is 16.7 Å². The lowest BCUT2D eigenvalue weighted by Crippen LogP contribution is -2.49. The second-order valence-corrected chi connectivity index (χ2v) is 7.85. The van der Waals surface area contributed by atoms with E-state index in [0.29, 0.717) is 32.0 Å². The lowest BCUT2D eigenvalue weighted by atomic mass is 10.2. The maximum Gasteiger partial charge on any atom is 0.417 e. The van der Waals surface area contributed by atoms with E-state index in [1.165, 1.54) is 23.1 Å². The summed E-state index contributed by atoms with van der Waals surface area (Å²) in [6.07, 6.45) is -3.71. The maximum absolute atomic E-state index is 12.7. The maximum atomic E-state index is 12.7. The quantitative estimate of drug-likeness (QED) is 0.704. The molecule has 1 fully saturated rings. The summed E-state index contributed by atoms with van der Waals surface area (Å²) in [5.74, 6) is 0.556. The smallest absolute Gasteiger partial charge is 0.352 e. The highest BCUT2D eigenvalue weighted by molar-refractivity contribution is 8.01.